The van der Waals surface area contributed by atoms with Crippen molar-refractivity contribution in [3.63, 3.8) is 0 Å². The third-order valence-corrected chi connectivity index (χ3v) is 5.54. The Hall–Kier alpha value is -1.40. The van der Waals surface area contributed by atoms with Gasteiger partial charge >= 0.3 is 6.18 Å². The molecule has 3 rings (SSSR count). The summed E-state index contributed by atoms with van der Waals surface area (Å²) in [5, 5.41) is 2.98. The first-order valence-electron chi connectivity index (χ1n) is 7.17. The highest BCUT2D eigenvalue weighted by Crippen LogP contribution is 2.43. The first-order chi connectivity index (χ1) is 10.9. The molecule has 1 aromatic carbocycles. The molecule has 0 spiro atoms. The highest BCUT2D eigenvalue weighted by molar-refractivity contribution is 8.02. The van der Waals surface area contributed by atoms with E-state index in [0.29, 0.717) is 12.2 Å². The van der Waals surface area contributed by atoms with E-state index in [1.54, 1.807) is 29.2 Å². The number of halogens is 3. The van der Waals surface area contributed by atoms with Gasteiger partial charge in [0.15, 0.2) is 0 Å². The minimum Gasteiger partial charge on any atom is -0.331 e. The van der Waals surface area contributed by atoms with Crippen LogP contribution in [-0.4, -0.2) is 6.26 Å². The maximum absolute atomic E-state index is 13.1. The van der Waals surface area contributed by atoms with E-state index in [0.717, 1.165) is 15.5 Å². The fourth-order valence-corrected chi connectivity index (χ4v) is 4.17. The standard InChI is InChI=1S/C17H16F3NS2/c1-11-8-16(22-2)21(10-13-4-3-7-23-13)15-9-12(17(18,19)20)5-6-14(11)15/h3-9,11H,10H2,1-2H3. The van der Waals surface area contributed by atoms with Crippen molar-refractivity contribution in [1.29, 1.82) is 0 Å². The number of nitrogens with zero attached hydrogens (tertiary/aromatic N) is 1. The summed E-state index contributed by atoms with van der Waals surface area (Å²) in [4.78, 5) is 3.11. The number of fused-ring (bicyclic) bond motifs is 1. The summed E-state index contributed by atoms with van der Waals surface area (Å²) in [6.07, 6.45) is -0.250. The SMILES string of the molecule is CSC1=CC(C)c2ccc(C(F)(F)F)cc2N1Cc1cccs1. The predicted molar refractivity (Wildman–Crippen MR) is 92.0 cm³/mol. The van der Waals surface area contributed by atoms with Gasteiger partial charge in [-0.05, 0) is 41.5 Å². The molecule has 0 fully saturated rings. The lowest BCUT2D eigenvalue weighted by Gasteiger charge is -2.34. The third kappa shape index (κ3) is 3.28. The Bertz CT molecular complexity index is 720. The van der Waals surface area contributed by atoms with Crippen LogP contribution < -0.4 is 4.90 Å². The molecule has 0 amide bonds. The van der Waals surface area contributed by atoms with Gasteiger partial charge in [-0.1, -0.05) is 19.1 Å². The van der Waals surface area contributed by atoms with Gasteiger partial charge in [-0.3, -0.25) is 0 Å². The first-order valence-corrected chi connectivity index (χ1v) is 9.27. The molecule has 1 atom stereocenters. The van der Waals surface area contributed by atoms with E-state index in [9.17, 15) is 13.2 Å². The van der Waals surface area contributed by atoms with E-state index in [2.05, 4.69) is 6.08 Å². The molecule has 122 valence electrons. The zero-order valence-corrected chi connectivity index (χ0v) is 14.4. The first kappa shape index (κ1) is 16.5. The molecule has 0 radical (unpaired) electrons. The van der Waals surface area contributed by atoms with Gasteiger partial charge in [0.05, 0.1) is 17.1 Å². The summed E-state index contributed by atoms with van der Waals surface area (Å²) < 4.78 is 39.3. The van der Waals surface area contributed by atoms with Crippen molar-refractivity contribution in [2.75, 3.05) is 11.2 Å². The Kier molecular flexibility index (Phi) is 4.47. The van der Waals surface area contributed by atoms with Crippen LogP contribution in [-0.2, 0) is 12.7 Å². The van der Waals surface area contributed by atoms with Gasteiger partial charge in [0.25, 0.3) is 0 Å². The van der Waals surface area contributed by atoms with Crippen LogP contribution in [0.1, 0.15) is 28.8 Å². The largest absolute Gasteiger partial charge is 0.416 e. The second kappa shape index (κ2) is 6.24. The molecular formula is C17H16F3NS2. The van der Waals surface area contributed by atoms with E-state index in [1.165, 1.54) is 12.1 Å². The maximum atomic E-state index is 13.1. The topological polar surface area (TPSA) is 3.24 Å². The summed E-state index contributed by atoms with van der Waals surface area (Å²) >= 11 is 3.18. The lowest BCUT2D eigenvalue weighted by atomic mass is 9.94. The van der Waals surface area contributed by atoms with Crippen molar-refractivity contribution < 1.29 is 13.2 Å². The molecular weight excluding hydrogens is 339 g/mol. The van der Waals surface area contributed by atoms with Crippen molar-refractivity contribution in [2.45, 2.75) is 25.6 Å². The molecule has 0 aliphatic carbocycles. The van der Waals surface area contributed by atoms with Crippen molar-refractivity contribution in [2.24, 2.45) is 0 Å². The predicted octanol–water partition coefficient (Wildman–Crippen LogP) is 6.10. The van der Waals surface area contributed by atoms with Crippen molar-refractivity contribution in [1.82, 2.24) is 0 Å². The number of thiophene rings is 1. The van der Waals surface area contributed by atoms with Crippen LogP contribution in [0.3, 0.4) is 0 Å². The molecule has 1 nitrogen and oxygen atoms in total. The normalized spacial score (nSPS) is 17.9. The number of thioether (sulfide) groups is 1. The Morgan fingerprint density at radius 1 is 1.26 bits per heavy atom. The quantitative estimate of drug-likeness (QED) is 0.655. The number of benzene rings is 1. The second-order valence-electron chi connectivity index (χ2n) is 5.43. The highest BCUT2D eigenvalue weighted by Gasteiger charge is 2.33. The number of allylic oxidation sites excluding steroid dienone is 1. The number of hydrogen-bond acceptors (Lipinski definition) is 3. The molecule has 2 aromatic rings. The maximum Gasteiger partial charge on any atom is 0.416 e. The van der Waals surface area contributed by atoms with Crippen molar-refractivity contribution in [3.05, 3.63) is 62.8 Å². The van der Waals surface area contributed by atoms with E-state index < -0.39 is 11.7 Å². The Morgan fingerprint density at radius 3 is 2.65 bits per heavy atom. The molecule has 23 heavy (non-hydrogen) atoms. The molecule has 0 bridgehead atoms. The molecule has 0 saturated carbocycles. The fraction of sp³-hybridized carbons (Fsp3) is 0.294. The average Bonchev–Trinajstić information content (AvgIpc) is 3.01. The molecule has 6 heteroatoms. The Labute approximate surface area is 141 Å². The van der Waals surface area contributed by atoms with E-state index in [-0.39, 0.29) is 5.92 Å². The Balaban J connectivity index is 2.08. The van der Waals surface area contributed by atoms with Gasteiger partial charge < -0.3 is 4.90 Å². The second-order valence-corrected chi connectivity index (χ2v) is 7.29. The number of hydrogen-bond donors (Lipinski definition) is 0. The Morgan fingerprint density at radius 2 is 2.04 bits per heavy atom. The zero-order valence-electron chi connectivity index (χ0n) is 12.7. The number of anilines is 1. The molecule has 2 heterocycles. The molecule has 0 N–H and O–H groups in total. The zero-order chi connectivity index (χ0) is 16.6. The molecule has 1 aliphatic rings. The highest BCUT2D eigenvalue weighted by atomic mass is 32.2. The van der Waals surface area contributed by atoms with Crippen LogP contribution in [0.25, 0.3) is 0 Å². The van der Waals surface area contributed by atoms with Crippen LogP contribution in [0.2, 0.25) is 0 Å². The lowest BCUT2D eigenvalue weighted by Crippen LogP contribution is -2.25. The molecule has 1 aromatic heterocycles. The van der Waals surface area contributed by atoms with Crippen molar-refractivity contribution >= 4 is 28.8 Å². The fourth-order valence-electron chi connectivity index (χ4n) is 2.75. The summed E-state index contributed by atoms with van der Waals surface area (Å²) in [5.74, 6) is 0.106. The summed E-state index contributed by atoms with van der Waals surface area (Å²) in [7, 11) is 0. The van der Waals surface area contributed by atoms with Crippen LogP contribution in [0.15, 0.2) is 46.8 Å². The van der Waals surface area contributed by atoms with Crippen LogP contribution >= 0.6 is 23.1 Å². The smallest absolute Gasteiger partial charge is 0.331 e. The van der Waals surface area contributed by atoms with Crippen LogP contribution in [0.5, 0.6) is 0 Å². The van der Waals surface area contributed by atoms with Gasteiger partial charge in [-0.2, -0.15) is 13.2 Å². The van der Waals surface area contributed by atoms with Crippen LogP contribution in [0, 0.1) is 0 Å². The summed E-state index contributed by atoms with van der Waals surface area (Å²) in [5.41, 5.74) is 1.00. The number of alkyl halides is 3. The van der Waals surface area contributed by atoms with Crippen molar-refractivity contribution in [3.8, 4) is 0 Å². The van der Waals surface area contributed by atoms with Gasteiger partial charge in [-0.15, -0.1) is 23.1 Å². The average molecular weight is 355 g/mol. The van der Waals surface area contributed by atoms with E-state index in [1.807, 2.05) is 35.6 Å². The number of rotatable bonds is 3. The minimum atomic E-state index is -4.33. The van der Waals surface area contributed by atoms with Gasteiger partial charge in [0.1, 0.15) is 0 Å². The molecule has 1 unspecified atom stereocenters. The van der Waals surface area contributed by atoms with E-state index in [4.69, 9.17) is 0 Å². The molecule has 1 aliphatic heterocycles. The van der Waals surface area contributed by atoms with Crippen LogP contribution in [0.4, 0.5) is 18.9 Å². The third-order valence-electron chi connectivity index (χ3n) is 3.90. The minimum absolute atomic E-state index is 0.106. The van der Waals surface area contributed by atoms with E-state index >= 15 is 0 Å². The monoisotopic (exact) mass is 355 g/mol. The molecule has 0 saturated heterocycles. The van der Waals surface area contributed by atoms with Gasteiger partial charge in [0, 0.05) is 16.5 Å². The summed E-state index contributed by atoms with van der Waals surface area (Å²) in [6, 6.07) is 8.03. The van der Waals surface area contributed by atoms with Gasteiger partial charge in [-0.25, -0.2) is 0 Å². The lowest BCUT2D eigenvalue weighted by molar-refractivity contribution is -0.137. The summed E-state index contributed by atoms with van der Waals surface area (Å²) in [6.45, 7) is 2.61. The van der Waals surface area contributed by atoms with Gasteiger partial charge in [0.2, 0.25) is 0 Å².